The number of hydrogen-bond acceptors (Lipinski definition) is 2. The van der Waals surface area contributed by atoms with Crippen molar-refractivity contribution in [3.63, 3.8) is 0 Å². The van der Waals surface area contributed by atoms with Crippen LogP contribution in [0.25, 0.3) is 0 Å². The lowest BCUT2D eigenvalue weighted by atomic mass is 9.85. The van der Waals surface area contributed by atoms with Crippen LogP contribution in [-0.4, -0.2) is 10.5 Å². The molecular weight excluding hydrogens is 303 g/mol. The van der Waals surface area contributed by atoms with Gasteiger partial charge in [0.05, 0.1) is 0 Å². The number of hydrogen-bond donors (Lipinski definition) is 1. The van der Waals surface area contributed by atoms with E-state index in [2.05, 4.69) is 66.6 Å². The van der Waals surface area contributed by atoms with E-state index in [1.165, 1.54) is 11.3 Å². The molecule has 2 nitrogen and oxygen atoms in total. The van der Waals surface area contributed by atoms with E-state index >= 15 is 0 Å². The molecule has 0 radical (unpaired) electrons. The molecule has 1 fully saturated rings. The summed E-state index contributed by atoms with van der Waals surface area (Å²) in [5.41, 5.74) is 2.64. The summed E-state index contributed by atoms with van der Waals surface area (Å²) in [6.07, 6.45) is 3.00. The van der Waals surface area contributed by atoms with Crippen LogP contribution >= 0.6 is 24.8 Å². The Morgan fingerprint density at radius 3 is 2.29 bits per heavy atom. The van der Waals surface area contributed by atoms with Crippen molar-refractivity contribution in [1.82, 2.24) is 10.3 Å². The van der Waals surface area contributed by atoms with Gasteiger partial charge in [-0.05, 0) is 38.0 Å². The molecule has 3 rings (SSSR count). The van der Waals surface area contributed by atoms with Crippen LogP contribution in [0.4, 0.5) is 0 Å². The highest BCUT2D eigenvalue weighted by Gasteiger charge is 2.41. The molecule has 2 unspecified atom stereocenters. The Morgan fingerprint density at radius 1 is 1.00 bits per heavy atom. The Hall–Kier alpha value is -1.09. The number of nitrogens with one attached hydrogen (secondary N) is 1. The minimum absolute atomic E-state index is 0. The molecule has 1 saturated heterocycles. The van der Waals surface area contributed by atoms with Gasteiger partial charge in [0.2, 0.25) is 0 Å². The molecule has 114 valence electrons. The van der Waals surface area contributed by atoms with Crippen LogP contribution in [0.1, 0.15) is 43.5 Å². The lowest BCUT2D eigenvalue weighted by Crippen LogP contribution is -2.38. The number of aromatic nitrogens is 1. The second-order valence-electron chi connectivity index (χ2n) is 5.87. The Kier molecular flexibility index (Phi) is 6.21. The lowest BCUT2D eigenvalue weighted by molar-refractivity contribution is 0.393. The van der Waals surface area contributed by atoms with Gasteiger partial charge in [-0.2, -0.15) is 0 Å². The van der Waals surface area contributed by atoms with E-state index < -0.39 is 0 Å². The number of halogens is 2. The standard InChI is InChI=1S/C17H20N2.2ClH/c1-17(2)14(15-10-6-7-11-18-15)12-16(19-17)13-8-4-3-5-9-13;;/h3-11,14,16,19H,12H2,1-2H3;2*1H. The van der Waals surface area contributed by atoms with E-state index in [4.69, 9.17) is 0 Å². The summed E-state index contributed by atoms with van der Waals surface area (Å²) >= 11 is 0. The SMILES string of the molecule is CC1(C)NC(c2ccccc2)CC1c1ccccn1.Cl.Cl. The molecule has 1 aromatic heterocycles. The fraction of sp³-hybridized carbons (Fsp3) is 0.353. The Bertz CT molecular complexity index is 543. The molecule has 2 heterocycles. The molecule has 1 aromatic carbocycles. The minimum Gasteiger partial charge on any atom is -0.304 e. The number of rotatable bonds is 2. The van der Waals surface area contributed by atoms with Gasteiger partial charge in [-0.1, -0.05) is 36.4 Å². The summed E-state index contributed by atoms with van der Waals surface area (Å²) in [7, 11) is 0. The van der Waals surface area contributed by atoms with E-state index in [9.17, 15) is 0 Å². The van der Waals surface area contributed by atoms with E-state index in [0.29, 0.717) is 12.0 Å². The predicted octanol–water partition coefficient (Wildman–Crippen LogP) is 4.52. The van der Waals surface area contributed by atoms with Crippen molar-refractivity contribution >= 4 is 24.8 Å². The molecule has 1 aliphatic rings. The van der Waals surface area contributed by atoms with Gasteiger partial charge in [0.25, 0.3) is 0 Å². The largest absolute Gasteiger partial charge is 0.304 e. The second kappa shape index (κ2) is 7.26. The number of nitrogens with zero attached hydrogens (tertiary/aromatic N) is 1. The first-order valence-corrected chi connectivity index (χ1v) is 6.90. The highest BCUT2D eigenvalue weighted by atomic mass is 35.5. The molecule has 0 aliphatic carbocycles. The maximum Gasteiger partial charge on any atom is 0.0453 e. The molecule has 2 atom stereocenters. The zero-order valence-electron chi connectivity index (χ0n) is 12.3. The zero-order valence-corrected chi connectivity index (χ0v) is 14.0. The molecule has 2 aromatic rings. The molecule has 1 aliphatic heterocycles. The first-order chi connectivity index (χ1) is 9.17. The van der Waals surface area contributed by atoms with Crippen molar-refractivity contribution in [3.05, 3.63) is 66.0 Å². The van der Waals surface area contributed by atoms with Crippen molar-refractivity contribution in [2.75, 3.05) is 0 Å². The molecule has 0 saturated carbocycles. The maximum atomic E-state index is 4.54. The molecular formula is C17H22Cl2N2. The third-order valence-corrected chi connectivity index (χ3v) is 4.14. The van der Waals surface area contributed by atoms with E-state index in [-0.39, 0.29) is 30.4 Å². The topological polar surface area (TPSA) is 24.9 Å². The number of benzene rings is 1. The smallest absolute Gasteiger partial charge is 0.0453 e. The van der Waals surface area contributed by atoms with Crippen LogP contribution in [0, 0.1) is 0 Å². The van der Waals surface area contributed by atoms with Gasteiger partial charge in [-0.15, -0.1) is 24.8 Å². The zero-order chi connectivity index (χ0) is 13.3. The van der Waals surface area contributed by atoms with Crippen molar-refractivity contribution in [2.24, 2.45) is 0 Å². The summed E-state index contributed by atoms with van der Waals surface area (Å²) in [6.45, 7) is 4.55. The van der Waals surface area contributed by atoms with Crippen LogP contribution in [0.5, 0.6) is 0 Å². The molecule has 0 spiro atoms. The van der Waals surface area contributed by atoms with Crippen molar-refractivity contribution in [1.29, 1.82) is 0 Å². The number of pyridine rings is 1. The monoisotopic (exact) mass is 324 g/mol. The molecule has 4 heteroatoms. The fourth-order valence-corrected chi connectivity index (χ4v) is 3.12. The third-order valence-electron chi connectivity index (χ3n) is 4.14. The highest BCUT2D eigenvalue weighted by Crippen LogP contribution is 2.42. The van der Waals surface area contributed by atoms with Crippen molar-refractivity contribution in [2.45, 2.75) is 37.8 Å². The Balaban J connectivity index is 0.00000110. The average Bonchev–Trinajstić information content (AvgIpc) is 2.77. The van der Waals surface area contributed by atoms with E-state index in [0.717, 1.165) is 6.42 Å². The summed E-state index contributed by atoms with van der Waals surface area (Å²) in [4.78, 5) is 4.54. The summed E-state index contributed by atoms with van der Waals surface area (Å²) in [5.74, 6) is 0.457. The van der Waals surface area contributed by atoms with Crippen molar-refractivity contribution < 1.29 is 0 Å². The van der Waals surface area contributed by atoms with Gasteiger partial charge in [-0.25, -0.2) is 0 Å². The van der Waals surface area contributed by atoms with Gasteiger partial charge >= 0.3 is 0 Å². The summed E-state index contributed by atoms with van der Waals surface area (Å²) in [6, 6.07) is 17.3. The van der Waals surface area contributed by atoms with E-state index in [1.807, 2.05) is 12.3 Å². The fourth-order valence-electron chi connectivity index (χ4n) is 3.12. The minimum atomic E-state index is 0. The summed E-state index contributed by atoms with van der Waals surface area (Å²) < 4.78 is 0. The lowest BCUT2D eigenvalue weighted by Gasteiger charge is -2.27. The molecule has 21 heavy (non-hydrogen) atoms. The Labute approximate surface area is 139 Å². The van der Waals surface area contributed by atoms with Crippen LogP contribution < -0.4 is 5.32 Å². The van der Waals surface area contributed by atoms with Crippen LogP contribution in [0.3, 0.4) is 0 Å². The molecule has 1 N–H and O–H groups in total. The first kappa shape index (κ1) is 18.0. The van der Waals surface area contributed by atoms with Gasteiger partial charge in [-0.3, -0.25) is 4.98 Å². The maximum absolute atomic E-state index is 4.54. The van der Waals surface area contributed by atoms with Gasteiger partial charge in [0.1, 0.15) is 0 Å². The molecule has 0 amide bonds. The van der Waals surface area contributed by atoms with Gasteiger partial charge < -0.3 is 5.32 Å². The quantitative estimate of drug-likeness (QED) is 0.878. The third kappa shape index (κ3) is 3.76. The Morgan fingerprint density at radius 2 is 1.67 bits per heavy atom. The molecule has 0 bridgehead atoms. The van der Waals surface area contributed by atoms with Gasteiger partial charge in [0, 0.05) is 29.4 Å². The average molecular weight is 325 g/mol. The van der Waals surface area contributed by atoms with Crippen molar-refractivity contribution in [3.8, 4) is 0 Å². The predicted molar refractivity (Wildman–Crippen MR) is 92.5 cm³/mol. The summed E-state index contributed by atoms with van der Waals surface area (Å²) in [5, 5.41) is 3.76. The van der Waals surface area contributed by atoms with Crippen LogP contribution in [-0.2, 0) is 0 Å². The first-order valence-electron chi connectivity index (χ1n) is 6.90. The van der Waals surface area contributed by atoms with Crippen LogP contribution in [0.15, 0.2) is 54.7 Å². The second-order valence-corrected chi connectivity index (χ2v) is 5.87. The van der Waals surface area contributed by atoms with E-state index in [1.54, 1.807) is 0 Å². The normalized spacial score (nSPS) is 23.0. The van der Waals surface area contributed by atoms with Gasteiger partial charge in [0.15, 0.2) is 0 Å². The highest BCUT2D eigenvalue weighted by molar-refractivity contribution is 5.85. The van der Waals surface area contributed by atoms with Crippen LogP contribution in [0.2, 0.25) is 0 Å².